The summed E-state index contributed by atoms with van der Waals surface area (Å²) in [6, 6.07) is 2.36. The largest absolute Gasteiger partial charge is 0.304 e. The summed E-state index contributed by atoms with van der Waals surface area (Å²) in [5.41, 5.74) is 1.62. The second kappa shape index (κ2) is 15.0. The van der Waals surface area contributed by atoms with E-state index in [1.807, 2.05) is 11.3 Å². The third-order valence-electron chi connectivity index (χ3n) is 4.94. The number of nitrogens with zero attached hydrogens (tertiary/aromatic N) is 1. The molecule has 0 aliphatic carbocycles. The molecule has 0 atom stereocenters. The molecule has 1 aromatic rings. The molecule has 2 heteroatoms. The Bertz CT molecular complexity index is 385. The van der Waals surface area contributed by atoms with Gasteiger partial charge in [0, 0.05) is 4.88 Å². The maximum atomic E-state index is 3.94. The number of unbranched alkanes of at least 4 members (excludes halogenated alkanes) is 7. The molecule has 0 saturated heterocycles. The SMILES string of the molecule is [CH2]CCCCc1sccc1CCCCCCN(CC)CCCCC. The molecule has 1 heterocycles. The highest BCUT2D eigenvalue weighted by atomic mass is 32.1. The van der Waals surface area contributed by atoms with Crippen molar-refractivity contribution in [2.75, 3.05) is 19.6 Å². The van der Waals surface area contributed by atoms with Gasteiger partial charge in [0.05, 0.1) is 0 Å². The summed E-state index contributed by atoms with van der Waals surface area (Å²) < 4.78 is 0. The third-order valence-corrected chi connectivity index (χ3v) is 5.96. The van der Waals surface area contributed by atoms with Crippen LogP contribution in [0.25, 0.3) is 0 Å². The maximum Gasteiger partial charge on any atom is 0.00772 e. The summed E-state index contributed by atoms with van der Waals surface area (Å²) in [7, 11) is 0. The van der Waals surface area contributed by atoms with Crippen LogP contribution < -0.4 is 0 Å². The molecule has 1 rings (SSSR count). The Kier molecular flexibility index (Phi) is 13.5. The van der Waals surface area contributed by atoms with Crippen molar-refractivity contribution in [1.29, 1.82) is 0 Å². The first kappa shape index (κ1) is 21.7. The van der Waals surface area contributed by atoms with Gasteiger partial charge in [0.25, 0.3) is 0 Å². The highest BCUT2D eigenvalue weighted by molar-refractivity contribution is 7.10. The molecule has 0 saturated carbocycles. The van der Waals surface area contributed by atoms with Gasteiger partial charge in [0.15, 0.2) is 0 Å². The highest BCUT2D eigenvalue weighted by Crippen LogP contribution is 2.22. The van der Waals surface area contributed by atoms with Crippen LogP contribution in [0.1, 0.15) is 88.5 Å². The second-order valence-corrected chi connectivity index (χ2v) is 7.99. The van der Waals surface area contributed by atoms with Crippen molar-refractivity contribution in [1.82, 2.24) is 4.90 Å². The predicted molar refractivity (Wildman–Crippen MR) is 111 cm³/mol. The van der Waals surface area contributed by atoms with Gasteiger partial charge < -0.3 is 4.90 Å². The quantitative estimate of drug-likeness (QED) is 0.293. The maximum absolute atomic E-state index is 3.94. The Balaban J connectivity index is 2.08. The molecule has 0 spiro atoms. The minimum Gasteiger partial charge on any atom is -0.304 e. The van der Waals surface area contributed by atoms with Crippen LogP contribution in [-0.2, 0) is 12.8 Å². The van der Waals surface area contributed by atoms with E-state index >= 15 is 0 Å². The number of hydrogen-bond donors (Lipinski definition) is 0. The molecule has 0 aliphatic rings. The van der Waals surface area contributed by atoms with Crippen LogP contribution >= 0.6 is 11.3 Å². The van der Waals surface area contributed by atoms with E-state index in [0.29, 0.717) is 0 Å². The molecule has 1 radical (unpaired) electrons. The molecule has 0 N–H and O–H groups in total. The topological polar surface area (TPSA) is 3.24 Å². The molecule has 24 heavy (non-hydrogen) atoms. The summed E-state index contributed by atoms with van der Waals surface area (Å²) in [5, 5.41) is 2.28. The lowest BCUT2D eigenvalue weighted by Crippen LogP contribution is -2.25. The summed E-state index contributed by atoms with van der Waals surface area (Å²) >= 11 is 1.96. The fraction of sp³-hybridized carbons (Fsp3) is 0.773. The minimum atomic E-state index is 1.08. The van der Waals surface area contributed by atoms with Crippen molar-refractivity contribution >= 4 is 11.3 Å². The fourth-order valence-electron chi connectivity index (χ4n) is 3.29. The smallest absolute Gasteiger partial charge is 0.00772 e. The Morgan fingerprint density at radius 2 is 1.58 bits per heavy atom. The molecule has 0 fully saturated rings. The molecule has 1 aromatic heterocycles. The fourth-order valence-corrected chi connectivity index (χ4v) is 4.27. The van der Waals surface area contributed by atoms with Gasteiger partial charge in [0.1, 0.15) is 0 Å². The zero-order valence-corrected chi connectivity index (χ0v) is 17.1. The van der Waals surface area contributed by atoms with Crippen LogP contribution in [0, 0.1) is 6.92 Å². The third kappa shape index (κ3) is 9.84. The van der Waals surface area contributed by atoms with Crippen molar-refractivity contribution in [3.05, 3.63) is 28.8 Å². The van der Waals surface area contributed by atoms with Crippen molar-refractivity contribution in [2.45, 2.75) is 90.9 Å². The lowest BCUT2D eigenvalue weighted by atomic mass is 10.0. The van der Waals surface area contributed by atoms with E-state index in [0.717, 1.165) is 6.42 Å². The standard InChI is InChI=1S/C22H40NS/c1-4-7-11-16-22-21(17-20-24-22)15-12-9-10-14-19-23(6-3)18-13-8-5-2/h17,20H,1,4-16,18-19H2,2-3H3. The van der Waals surface area contributed by atoms with Crippen LogP contribution in [0.4, 0.5) is 0 Å². The number of hydrogen-bond acceptors (Lipinski definition) is 2. The average molecular weight is 351 g/mol. The Labute approximate surface area is 155 Å². The van der Waals surface area contributed by atoms with E-state index in [1.54, 1.807) is 10.4 Å². The van der Waals surface area contributed by atoms with Crippen molar-refractivity contribution in [3.8, 4) is 0 Å². The van der Waals surface area contributed by atoms with Crippen LogP contribution in [0.15, 0.2) is 11.4 Å². The first-order chi connectivity index (χ1) is 11.8. The van der Waals surface area contributed by atoms with Gasteiger partial charge in [-0.3, -0.25) is 0 Å². The van der Waals surface area contributed by atoms with Crippen molar-refractivity contribution < 1.29 is 0 Å². The number of aryl methyl sites for hydroxylation is 2. The lowest BCUT2D eigenvalue weighted by molar-refractivity contribution is 0.274. The van der Waals surface area contributed by atoms with E-state index in [4.69, 9.17) is 0 Å². The van der Waals surface area contributed by atoms with E-state index < -0.39 is 0 Å². The molecule has 0 amide bonds. The van der Waals surface area contributed by atoms with Gasteiger partial charge in [-0.15, -0.1) is 11.3 Å². The van der Waals surface area contributed by atoms with Crippen molar-refractivity contribution in [3.63, 3.8) is 0 Å². The lowest BCUT2D eigenvalue weighted by Gasteiger charge is -2.20. The van der Waals surface area contributed by atoms with Gasteiger partial charge in [-0.05, 0) is 75.2 Å². The van der Waals surface area contributed by atoms with Gasteiger partial charge >= 0.3 is 0 Å². The highest BCUT2D eigenvalue weighted by Gasteiger charge is 2.05. The monoisotopic (exact) mass is 350 g/mol. The summed E-state index contributed by atoms with van der Waals surface area (Å²) in [6.07, 6.45) is 15.8. The van der Waals surface area contributed by atoms with Crippen LogP contribution in [-0.4, -0.2) is 24.5 Å². The summed E-state index contributed by atoms with van der Waals surface area (Å²) in [5.74, 6) is 0. The average Bonchev–Trinajstić information content (AvgIpc) is 3.04. The van der Waals surface area contributed by atoms with Crippen LogP contribution in [0.2, 0.25) is 0 Å². The molecule has 0 unspecified atom stereocenters. The zero-order valence-electron chi connectivity index (χ0n) is 16.3. The van der Waals surface area contributed by atoms with Gasteiger partial charge in [0.2, 0.25) is 0 Å². The summed E-state index contributed by atoms with van der Waals surface area (Å²) in [4.78, 5) is 4.27. The molecule has 0 aromatic carbocycles. The first-order valence-corrected chi connectivity index (χ1v) is 11.3. The second-order valence-electron chi connectivity index (χ2n) is 6.99. The van der Waals surface area contributed by atoms with E-state index in [-0.39, 0.29) is 0 Å². The van der Waals surface area contributed by atoms with Crippen LogP contribution in [0.3, 0.4) is 0 Å². The number of thiophene rings is 1. The molecular formula is C22H40NS. The minimum absolute atomic E-state index is 1.08. The van der Waals surface area contributed by atoms with E-state index in [1.165, 1.54) is 90.3 Å². The normalized spacial score (nSPS) is 11.5. The molecular weight excluding hydrogens is 310 g/mol. The molecule has 0 aliphatic heterocycles. The molecule has 1 nitrogen and oxygen atoms in total. The van der Waals surface area contributed by atoms with Gasteiger partial charge in [-0.2, -0.15) is 0 Å². The number of rotatable bonds is 16. The van der Waals surface area contributed by atoms with Crippen LogP contribution in [0.5, 0.6) is 0 Å². The Morgan fingerprint density at radius 1 is 0.875 bits per heavy atom. The van der Waals surface area contributed by atoms with E-state index in [2.05, 4.69) is 37.1 Å². The molecule has 0 bridgehead atoms. The zero-order chi connectivity index (χ0) is 17.5. The Hall–Kier alpha value is -0.340. The Morgan fingerprint density at radius 3 is 2.29 bits per heavy atom. The van der Waals surface area contributed by atoms with Crippen molar-refractivity contribution in [2.24, 2.45) is 0 Å². The van der Waals surface area contributed by atoms with E-state index in [9.17, 15) is 0 Å². The molecule has 139 valence electrons. The first-order valence-electron chi connectivity index (χ1n) is 10.4. The van der Waals surface area contributed by atoms with Gasteiger partial charge in [-0.1, -0.05) is 59.3 Å². The van der Waals surface area contributed by atoms with Gasteiger partial charge in [-0.25, -0.2) is 0 Å². The summed E-state index contributed by atoms with van der Waals surface area (Å²) in [6.45, 7) is 12.4. The predicted octanol–water partition coefficient (Wildman–Crippen LogP) is 6.91.